The van der Waals surface area contributed by atoms with Crippen molar-refractivity contribution in [3.05, 3.63) is 106 Å². The molecule has 0 radical (unpaired) electrons. The van der Waals surface area contributed by atoms with Gasteiger partial charge in [0.25, 0.3) is 0 Å². The van der Waals surface area contributed by atoms with Gasteiger partial charge in [0.15, 0.2) is 0 Å². The van der Waals surface area contributed by atoms with E-state index in [1.807, 2.05) is 42.5 Å². The van der Waals surface area contributed by atoms with Crippen LogP contribution in [0, 0.1) is 17.6 Å². The van der Waals surface area contributed by atoms with Crippen LogP contribution in [0.2, 0.25) is 5.02 Å². The van der Waals surface area contributed by atoms with E-state index in [0.29, 0.717) is 23.7 Å². The largest absolute Gasteiger partial charge is 0.390 e. The molecule has 1 fully saturated rings. The number of nitrogens with zero attached hydrogens (tertiary/aromatic N) is 1. The molecule has 0 spiro atoms. The summed E-state index contributed by atoms with van der Waals surface area (Å²) in [4.78, 5) is 2.33. The normalized spacial score (nSPS) is 17.2. The van der Waals surface area contributed by atoms with E-state index in [-0.39, 0.29) is 17.9 Å². The molecule has 31 heavy (non-hydrogen) atoms. The molecule has 1 N–H and O–H groups in total. The van der Waals surface area contributed by atoms with E-state index >= 15 is 0 Å². The summed E-state index contributed by atoms with van der Waals surface area (Å²) in [6.45, 7) is 4.82. The van der Waals surface area contributed by atoms with Gasteiger partial charge in [-0.2, -0.15) is 0 Å². The maximum Gasteiger partial charge on any atom is 0.126 e. The number of benzene rings is 3. The van der Waals surface area contributed by atoms with E-state index in [4.69, 9.17) is 11.6 Å². The van der Waals surface area contributed by atoms with Crippen LogP contribution in [0.3, 0.4) is 0 Å². The van der Waals surface area contributed by atoms with Crippen LogP contribution < -0.4 is 0 Å². The Balaban J connectivity index is 1.62. The Hall–Kier alpha value is -2.27. The highest BCUT2D eigenvalue weighted by Crippen LogP contribution is 2.44. The molecule has 0 amide bonds. The maximum atomic E-state index is 13.9. The van der Waals surface area contributed by atoms with Crippen LogP contribution in [-0.4, -0.2) is 28.7 Å². The zero-order valence-corrected chi connectivity index (χ0v) is 18.4. The molecule has 3 aromatic rings. The lowest BCUT2D eigenvalue weighted by Crippen LogP contribution is -2.54. The van der Waals surface area contributed by atoms with Gasteiger partial charge < -0.3 is 5.11 Å². The van der Waals surface area contributed by atoms with Gasteiger partial charge in [-0.1, -0.05) is 54.1 Å². The molecule has 5 heteroatoms. The summed E-state index contributed by atoms with van der Waals surface area (Å²) >= 11 is 6.10. The third-order valence-corrected chi connectivity index (χ3v) is 6.33. The average molecular weight is 442 g/mol. The van der Waals surface area contributed by atoms with Crippen molar-refractivity contribution in [2.75, 3.05) is 13.1 Å². The molecule has 2 nitrogen and oxygen atoms in total. The second-order valence-electron chi connectivity index (χ2n) is 8.91. The molecular formula is C26H26ClF2NO. The topological polar surface area (TPSA) is 23.5 Å². The van der Waals surface area contributed by atoms with E-state index in [1.165, 1.54) is 17.7 Å². The van der Waals surface area contributed by atoms with Crippen molar-refractivity contribution >= 4 is 11.6 Å². The molecule has 1 heterocycles. The molecular weight excluding hydrogens is 416 g/mol. The first-order chi connectivity index (χ1) is 14.7. The molecule has 4 rings (SSSR count). The van der Waals surface area contributed by atoms with Crippen molar-refractivity contribution in [3.63, 3.8) is 0 Å². The Morgan fingerprint density at radius 3 is 1.97 bits per heavy atom. The second-order valence-corrected chi connectivity index (χ2v) is 9.35. The quantitative estimate of drug-likeness (QED) is 0.492. The van der Waals surface area contributed by atoms with Crippen LogP contribution in [0.15, 0.2) is 72.8 Å². The Morgan fingerprint density at radius 1 is 0.871 bits per heavy atom. The van der Waals surface area contributed by atoms with Gasteiger partial charge in [0, 0.05) is 30.1 Å². The monoisotopic (exact) mass is 441 g/mol. The molecule has 1 aliphatic heterocycles. The van der Waals surface area contributed by atoms with E-state index in [9.17, 15) is 13.9 Å². The molecule has 1 aliphatic rings. The molecule has 0 aromatic heterocycles. The van der Waals surface area contributed by atoms with E-state index in [2.05, 4.69) is 17.0 Å². The zero-order valence-electron chi connectivity index (χ0n) is 17.6. The smallest absolute Gasteiger partial charge is 0.126 e. The molecule has 1 saturated heterocycles. The van der Waals surface area contributed by atoms with Crippen LogP contribution in [0.25, 0.3) is 0 Å². The summed E-state index contributed by atoms with van der Waals surface area (Å²) in [6, 6.07) is 21.6. The van der Waals surface area contributed by atoms with Gasteiger partial charge in [-0.05, 0) is 60.7 Å². The number of aliphatic hydroxyl groups is 1. The van der Waals surface area contributed by atoms with Crippen molar-refractivity contribution < 1.29 is 13.9 Å². The number of rotatable bonds is 6. The minimum absolute atomic E-state index is 0.0430. The predicted octanol–water partition coefficient (Wildman–Crippen LogP) is 6.19. The summed E-state index contributed by atoms with van der Waals surface area (Å²) < 4.78 is 27.8. The number of hydrogen-bond acceptors (Lipinski definition) is 2. The molecule has 0 aliphatic carbocycles. The van der Waals surface area contributed by atoms with Crippen molar-refractivity contribution in [2.45, 2.75) is 31.4 Å². The first kappa shape index (κ1) is 21.9. The second kappa shape index (κ2) is 8.70. The lowest BCUT2D eigenvalue weighted by atomic mass is 9.71. The molecule has 3 aromatic carbocycles. The molecule has 0 bridgehead atoms. The average Bonchev–Trinajstić information content (AvgIpc) is 2.66. The summed E-state index contributed by atoms with van der Waals surface area (Å²) in [5.41, 5.74) is 1.68. The van der Waals surface area contributed by atoms with E-state index in [0.717, 1.165) is 11.6 Å². The summed E-state index contributed by atoms with van der Waals surface area (Å²) in [7, 11) is 0. The van der Waals surface area contributed by atoms with Crippen LogP contribution >= 0.6 is 11.6 Å². The predicted molar refractivity (Wildman–Crippen MR) is 120 cm³/mol. The summed E-state index contributed by atoms with van der Waals surface area (Å²) in [5.74, 6) is -1.55. The van der Waals surface area contributed by atoms with Crippen molar-refractivity contribution in [2.24, 2.45) is 5.92 Å². The Labute approximate surface area is 187 Å². The SMILES string of the molecule is CC(C)(O)[C@H](c1cc(F)cc(F)c1)C1CN(C(c2ccccc2)c2ccc(Cl)cc2)C1. The van der Waals surface area contributed by atoms with Crippen molar-refractivity contribution in [1.82, 2.24) is 4.90 Å². The van der Waals surface area contributed by atoms with Gasteiger partial charge in [0.1, 0.15) is 11.6 Å². The van der Waals surface area contributed by atoms with Crippen LogP contribution in [0.4, 0.5) is 8.78 Å². The van der Waals surface area contributed by atoms with Crippen LogP contribution in [-0.2, 0) is 0 Å². The van der Waals surface area contributed by atoms with Gasteiger partial charge in [0.05, 0.1) is 11.6 Å². The number of hydrogen-bond donors (Lipinski definition) is 1. The highest BCUT2D eigenvalue weighted by Gasteiger charge is 2.44. The fraction of sp³-hybridized carbons (Fsp3) is 0.308. The zero-order chi connectivity index (χ0) is 22.2. The molecule has 162 valence electrons. The highest BCUT2D eigenvalue weighted by atomic mass is 35.5. The van der Waals surface area contributed by atoms with E-state index in [1.54, 1.807) is 13.8 Å². The highest BCUT2D eigenvalue weighted by molar-refractivity contribution is 6.30. The van der Waals surface area contributed by atoms with Crippen LogP contribution in [0.5, 0.6) is 0 Å². The Bertz CT molecular complexity index is 1010. The summed E-state index contributed by atoms with van der Waals surface area (Å²) in [6.07, 6.45) is 0. The lowest BCUT2D eigenvalue weighted by Gasteiger charge is -2.50. The molecule has 1 unspecified atom stereocenters. The van der Waals surface area contributed by atoms with Gasteiger partial charge in [-0.15, -0.1) is 0 Å². The van der Waals surface area contributed by atoms with Gasteiger partial charge in [0.2, 0.25) is 0 Å². The number of likely N-dealkylation sites (tertiary alicyclic amines) is 1. The third-order valence-electron chi connectivity index (χ3n) is 6.08. The molecule has 0 saturated carbocycles. The van der Waals surface area contributed by atoms with E-state index < -0.39 is 17.2 Å². The Kier molecular flexibility index (Phi) is 6.16. The van der Waals surface area contributed by atoms with Gasteiger partial charge >= 0.3 is 0 Å². The van der Waals surface area contributed by atoms with Crippen molar-refractivity contribution in [3.8, 4) is 0 Å². The molecule has 2 atom stereocenters. The van der Waals surface area contributed by atoms with Gasteiger partial charge in [-0.25, -0.2) is 8.78 Å². The number of halogens is 3. The van der Waals surface area contributed by atoms with Gasteiger partial charge in [-0.3, -0.25) is 4.90 Å². The first-order valence-electron chi connectivity index (χ1n) is 10.4. The maximum absolute atomic E-state index is 13.9. The minimum atomic E-state index is -1.11. The fourth-order valence-corrected chi connectivity index (χ4v) is 5.00. The first-order valence-corrected chi connectivity index (χ1v) is 10.8. The minimum Gasteiger partial charge on any atom is -0.390 e. The Morgan fingerprint density at radius 2 is 1.42 bits per heavy atom. The van der Waals surface area contributed by atoms with Crippen LogP contribution in [0.1, 0.15) is 42.5 Å². The fourth-order valence-electron chi connectivity index (χ4n) is 4.88. The lowest BCUT2D eigenvalue weighted by molar-refractivity contribution is -0.0309. The third kappa shape index (κ3) is 4.82. The summed E-state index contributed by atoms with van der Waals surface area (Å²) in [5, 5.41) is 11.5. The standard InChI is InChI=1S/C26H26ClF2NO/c1-26(2,31)24(19-12-22(28)14-23(29)13-19)20-15-30(16-20)25(17-6-4-3-5-7-17)18-8-10-21(27)11-9-18/h3-14,20,24-25,31H,15-16H2,1-2H3/t24-,25?/m1/s1. The van der Waals surface area contributed by atoms with Crippen molar-refractivity contribution in [1.29, 1.82) is 0 Å².